The van der Waals surface area contributed by atoms with Crippen LogP contribution in [0.1, 0.15) is 16.8 Å². The van der Waals surface area contributed by atoms with Gasteiger partial charge in [0.2, 0.25) is 0 Å². The van der Waals surface area contributed by atoms with E-state index in [1.54, 1.807) is 11.8 Å². The third kappa shape index (κ3) is 3.34. The third-order valence-corrected chi connectivity index (χ3v) is 5.59. The number of fused-ring (bicyclic) bond motifs is 2. The first kappa shape index (κ1) is 15.7. The number of nitrogens with zero attached hydrogens (tertiary/aromatic N) is 1. The van der Waals surface area contributed by atoms with Crippen molar-refractivity contribution in [3.8, 4) is 0 Å². The molecule has 2 aliphatic rings. The highest BCUT2D eigenvalue weighted by Crippen LogP contribution is 2.44. The Morgan fingerprint density at radius 2 is 1.88 bits per heavy atom. The maximum atomic E-state index is 12.5. The number of Topliss-reactive ketones (excluding diaryl/α,β-unsaturated/α-hetero) is 1. The first-order chi connectivity index (χ1) is 11.8. The van der Waals surface area contributed by atoms with Gasteiger partial charge in [-0.25, -0.2) is 0 Å². The number of carbonyl (C=O) groups excluding carboxylic acids is 1. The predicted octanol–water partition coefficient (Wildman–Crippen LogP) is 3.80. The van der Waals surface area contributed by atoms with E-state index in [2.05, 4.69) is 22.3 Å². The zero-order valence-corrected chi connectivity index (χ0v) is 14.3. The number of anilines is 2. The summed E-state index contributed by atoms with van der Waals surface area (Å²) in [5.74, 6) is 0.204. The second-order valence-electron chi connectivity index (χ2n) is 6.06. The molecule has 2 aromatic rings. The fraction of sp³-hybridized carbons (Fsp3) is 0.316. The Kier molecular flexibility index (Phi) is 4.56. The first-order valence-corrected chi connectivity index (χ1v) is 9.12. The lowest BCUT2D eigenvalue weighted by Crippen LogP contribution is -2.37. The number of morpholine rings is 1. The van der Waals surface area contributed by atoms with Crippen LogP contribution in [0.4, 0.5) is 11.4 Å². The first-order valence-electron chi connectivity index (χ1n) is 8.31. The van der Waals surface area contributed by atoms with E-state index in [1.807, 2.05) is 30.3 Å². The second-order valence-corrected chi connectivity index (χ2v) is 7.15. The molecule has 5 heteroatoms. The minimum Gasteiger partial charge on any atom is -0.379 e. The van der Waals surface area contributed by atoms with Gasteiger partial charge in [0.15, 0.2) is 5.78 Å². The van der Waals surface area contributed by atoms with Crippen molar-refractivity contribution in [1.82, 2.24) is 4.90 Å². The number of ketones is 1. The molecule has 4 rings (SSSR count). The quantitative estimate of drug-likeness (QED) is 0.732. The summed E-state index contributed by atoms with van der Waals surface area (Å²) in [7, 11) is 0. The normalized spacial score (nSPS) is 16.8. The second kappa shape index (κ2) is 6.97. The number of nitrogens with one attached hydrogen (secondary N) is 1. The number of ether oxygens (including phenoxy) is 1. The van der Waals surface area contributed by atoms with Gasteiger partial charge in [-0.3, -0.25) is 9.69 Å². The van der Waals surface area contributed by atoms with Crippen molar-refractivity contribution in [1.29, 1.82) is 0 Å². The van der Waals surface area contributed by atoms with E-state index in [0.717, 1.165) is 49.8 Å². The summed E-state index contributed by atoms with van der Waals surface area (Å²) in [6.45, 7) is 4.20. The summed E-state index contributed by atoms with van der Waals surface area (Å²) in [6.07, 6.45) is 0.558. The van der Waals surface area contributed by atoms with Crippen LogP contribution in [-0.4, -0.2) is 43.5 Å². The minimum absolute atomic E-state index is 0.204. The molecule has 0 atom stereocenters. The van der Waals surface area contributed by atoms with Crippen molar-refractivity contribution >= 4 is 28.9 Å². The largest absolute Gasteiger partial charge is 0.379 e. The molecule has 1 N–H and O–H groups in total. The molecule has 0 unspecified atom stereocenters. The van der Waals surface area contributed by atoms with Crippen LogP contribution < -0.4 is 5.32 Å². The highest BCUT2D eigenvalue weighted by Gasteiger charge is 2.18. The molecular weight excluding hydrogens is 320 g/mol. The van der Waals surface area contributed by atoms with Gasteiger partial charge >= 0.3 is 0 Å². The van der Waals surface area contributed by atoms with Gasteiger partial charge in [-0.2, -0.15) is 0 Å². The Bertz CT molecular complexity index is 757. The summed E-state index contributed by atoms with van der Waals surface area (Å²) in [5, 5.41) is 3.44. The molecule has 2 heterocycles. The zero-order chi connectivity index (χ0) is 16.4. The maximum absolute atomic E-state index is 12.5. The van der Waals surface area contributed by atoms with Gasteiger partial charge in [0.1, 0.15) is 0 Å². The predicted molar refractivity (Wildman–Crippen MR) is 96.5 cm³/mol. The standard InChI is InChI=1S/C19H20N2O2S/c22-17(7-8-21-9-11-23-12-10-21)14-5-6-19-16(13-14)20-15-3-1-2-4-18(15)24-19/h1-6,13,20H,7-12H2. The van der Waals surface area contributed by atoms with Crippen LogP contribution in [0.5, 0.6) is 0 Å². The Morgan fingerprint density at radius 3 is 2.75 bits per heavy atom. The molecule has 24 heavy (non-hydrogen) atoms. The van der Waals surface area contributed by atoms with Crippen molar-refractivity contribution in [3.63, 3.8) is 0 Å². The van der Waals surface area contributed by atoms with E-state index < -0.39 is 0 Å². The van der Waals surface area contributed by atoms with Gasteiger partial charge < -0.3 is 10.1 Å². The summed E-state index contributed by atoms with van der Waals surface area (Å²) >= 11 is 1.74. The Morgan fingerprint density at radius 1 is 1.08 bits per heavy atom. The lowest BCUT2D eigenvalue weighted by Gasteiger charge is -2.26. The number of benzene rings is 2. The van der Waals surface area contributed by atoms with Crippen molar-refractivity contribution in [2.24, 2.45) is 0 Å². The molecular formula is C19H20N2O2S. The molecule has 0 radical (unpaired) electrons. The average Bonchev–Trinajstić information content (AvgIpc) is 2.64. The number of rotatable bonds is 4. The van der Waals surface area contributed by atoms with Gasteiger partial charge in [-0.05, 0) is 24.3 Å². The molecule has 124 valence electrons. The summed E-state index contributed by atoms with van der Waals surface area (Å²) < 4.78 is 5.34. The average molecular weight is 340 g/mol. The molecule has 0 saturated carbocycles. The number of carbonyl (C=O) groups is 1. The van der Waals surface area contributed by atoms with Crippen molar-refractivity contribution in [2.75, 3.05) is 38.2 Å². The van der Waals surface area contributed by atoms with Crippen LogP contribution in [0, 0.1) is 0 Å². The lowest BCUT2D eigenvalue weighted by atomic mass is 10.1. The maximum Gasteiger partial charge on any atom is 0.164 e. The van der Waals surface area contributed by atoms with Crippen LogP contribution in [0.2, 0.25) is 0 Å². The molecule has 0 aliphatic carbocycles. The Balaban J connectivity index is 1.44. The van der Waals surface area contributed by atoms with Crippen LogP contribution in [0.3, 0.4) is 0 Å². The summed E-state index contributed by atoms with van der Waals surface area (Å²) in [5.41, 5.74) is 2.92. The molecule has 0 aromatic heterocycles. The van der Waals surface area contributed by atoms with E-state index in [0.29, 0.717) is 6.42 Å². The molecule has 1 fully saturated rings. The van der Waals surface area contributed by atoms with Gasteiger partial charge in [0.25, 0.3) is 0 Å². The number of para-hydroxylation sites is 1. The van der Waals surface area contributed by atoms with Gasteiger partial charge in [0.05, 0.1) is 24.6 Å². The Hall–Kier alpha value is -1.82. The SMILES string of the molecule is O=C(CCN1CCOCC1)c1ccc2c(c1)Nc1ccccc1S2. The summed E-state index contributed by atoms with van der Waals surface area (Å²) in [4.78, 5) is 17.2. The monoisotopic (exact) mass is 340 g/mol. The fourth-order valence-electron chi connectivity index (χ4n) is 3.04. The van der Waals surface area contributed by atoms with Crippen molar-refractivity contribution in [3.05, 3.63) is 48.0 Å². The highest BCUT2D eigenvalue weighted by molar-refractivity contribution is 7.99. The van der Waals surface area contributed by atoms with E-state index >= 15 is 0 Å². The van der Waals surface area contributed by atoms with Crippen molar-refractivity contribution in [2.45, 2.75) is 16.2 Å². The molecule has 2 aliphatic heterocycles. The topological polar surface area (TPSA) is 41.6 Å². The van der Waals surface area contributed by atoms with E-state index in [4.69, 9.17) is 4.74 Å². The minimum atomic E-state index is 0.204. The third-order valence-electron chi connectivity index (χ3n) is 4.44. The van der Waals surface area contributed by atoms with E-state index in [9.17, 15) is 4.79 Å². The number of hydrogen-bond acceptors (Lipinski definition) is 5. The lowest BCUT2D eigenvalue weighted by molar-refractivity contribution is 0.0370. The highest BCUT2D eigenvalue weighted by atomic mass is 32.2. The molecule has 2 aromatic carbocycles. The van der Waals surface area contributed by atoms with Crippen LogP contribution in [0.25, 0.3) is 0 Å². The van der Waals surface area contributed by atoms with Gasteiger partial charge in [-0.15, -0.1) is 0 Å². The van der Waals surface area contributed by atoms with Crippen LogP contribution in [0.15, 0.2) is 52.3 Å². The van der Waals surface area contributed by atoms with Gasteiger partial charge in [-0.1, -0.05) is 30.0 Å². The van der Waals surface area contributed by atoms with Crippen LogP contribution in [-0.2, 0) is 4.74 Å². The Labute approximate surface area is 146 Å². The van der Waals surface area contributed by atoms with Crippen molar-refractivity contribution < 1.29 is 9.53 Å². The molecule has 0 amide bonds. The van der Waals surface area contributed by atoms with E-state index in [-0.39, 0.29) is 5.78 Å². The summed E-state index contributed by atoms with van der Waals surface area (Å²) in [6, 6.07) is 14.2. The fourth-order valence-corrected chi connectivity index (χ4v) is 4.01. The molecule has 1 saturated heterocycles. The molecule has 4 nitrogen and oxygen atoms in total. The number of hydrogen-bond donors (Lipinski definition) is 1. The zero-order valence-electron chi connectivity index (χ0n) is 13.5. The smallest absolute Gasteiger partial charge is 0.164 e. The van der Waals surface area contributed by atoms with Gasteiger partial charge in [0, 0.05) is 41.4 Å². The molecule has 0 bridgehead atoms. The molecule has 0 spiro atoms. The van der Waals surface area contributed by atoms with E-state index in [1.165, 1.54) is 9.79 Å². The van der Waals surface area contributed by atoms with Crippen LogP contribution >= 0.6 is 11.8 Å².